The van der Waals surface area contributed by atoms with E-state index in [1.807, 2.05) is 19.9 Å². The monoisotopic (exact) mass is 365 g/mol. The van der Waals surface area contributed by atoms with Gasteiger partial charge in [0.05, 0.1) is 18.3 Å². The lowest BCUT2D eigenvalue weighted by Crippen LogP contribution is -2.40. The number of hydrogen-bond acceptors (Lipinski definition) is 4. The molecule has 1 aromatic carbocycles. The van der Waals surface area contributed by atoms with Gasteiger partial charge in [0.15, 0.2) is 0 Å². The van der Waals surface area contributed by atoms with E-state index < -0.39 is 5.97 Å². The maximum Gasteiger partial charge on any atom is 0.312 e. The number of imide groups is 1. The quantitative estimate of drug-likeness (QED) is 0.356. The molecule has 0 unspecified atom stereocenters. The van der Waals surface area contributed by atoms with Gasteiger partial charge in [0, 0.05) is 6.54 Å². The van der Waals surface area contributed by atoms with Crippen molar-refractivity contribution < 1.29 is 19.1 Å². The van der Waals surface area contributed by atoms with Gasteiger partial charge in [-0.1, -0.05) is 18.2 Å². The number of likely N-dealkylation sites (tertiary alicyclic amines) is 1. The molecule has 1 heterocycles. The predicted octanol–water partition coefficient (Wildman–Crippen LogP) is 2.65. The number of esters is 1. The van der Waals surface area contributed by atoms with E-state index in [0.717, 1.165) is 17.5 Å². The molecule has 1 aliphatic heterocycles. The van der Waals surface area contributed by atoms with E-state index in [9.17, 15) is 14.4 Å². The van der Waals surface area contributed by atoms with E-state index in [1.54, 1.807) is 12.1 Å². The maximum atomic E-state index is 12.9. The van der Waals surface area contributed by atoms with Crippen LogP contribution in [0.15, 0.2) is 30.4 Å². The highest BCUT2D eigenvalue weighted by atomic mass is 16.5. The second kappa shape index (κ2) is 5.78. The average Bonchev–Trinajstić information content (AvgIpc) is 3.38. The van der Waals surface area contributed by atoms with Crippen LogP contribution in [-0.4, -0.2) is 29.2 Å². The molecule has 3 fully saturated rings. The maximum absolute atomic E-state index is 12.9. The summed E-state index contributed by atoms with van der Waals surface area (Å²) in [6.07, 6.45) is 5.49. The van der Waals surface area contributed by atoms with Gasteiger partial charge in [0.25, 0.3) is 0 Å². The van der Waals surface area contributed by atoms with Crippen LogP contribution in [0.2, 0.25) is 0 Å². The fraction of sp³-hybridized carbons (Fsp3) is 0.500. The number of rotatable bonds is 4. The molecule has 4 aliphatic carbocycles. The zero-order valence-corrected chi connectivity index (χ0v) is 15.6. The Morgan fingerprint density at radius 1 is 1.00 bits per heavy atom. The summed E-state index contributed by atoms with van der Waals surface area (Å²) in [5, 5.41) is 0. The number of ether oxygens (including phenoxy) is 1. The van der Waals surface area contributed by atoms with Gasteiger partial charge in [0.1, 0.15) is 5.75 Å². The number of carbonyl (C=O) groups is 3. The Kier molecular flexibility index (Phi) is 3.58. The molecule has 6 rings (SSSR count). The molecule has 0 aromatic heterocycles. The minimum Gasteiger partial charge on any atom is -0.426 e. The van der Waals surface area contributed by atoms with Gasteiger partial charge in [-0.25, -0.2) is 0 Å². The third kappa shape index (κ3) is 2.55. The van der Waals surface area contributed by atoms with Gasteiger partial charge >= 0.3 is 5.97 Å². The van der Waals surface area contributed by atoms with Gasteiger partial charge in [-0.3, -0.25) is 19.3 Å². The summed E-state index contributed by atoms with van der Waals surface area (Å²) in [6, 6.07) is 5.62. The van der Waals surface area contributed by atoms with Gasteiger partial charge in [0.2, 0.25) is 11.8 Å². The van der Waals surface area contributed by atoms with E-state index in [-0.39, 0.29) is 48.5 Å². The van der Waals surface area contributed by atoms with Crippen LogP contribution in [0.4, 0.5) is 0 Å². The van der Waals surface area contributed by atoms with Crippen molar-refractivity contribution in [2.45, 2.75) is 26.7 Å². The minimum atomic E-state index is -0.417. The van der Waals surface area contributed by atoms with E-state index in [4.69, 9.17) is 4.74 Å². The van der Waals surface area contributed by atoms with E-state index in [1.165, 1.54) is 4.90 Å². The molecule has 0 N–H and O–H groups in total. The summed E-state index contributed by atoms with van der Waals surface area (Å²) < 4.78 is 5.40. The topological polar surface area (TPSA) is 63.7 Å². The number of carbonyl (C=O) groups excluding carboxylic acids is 3. The highest BCUT2D eigenvalue weighted by Crippen LogP contribution is 2.65. The van der Waals surface area contributed by atoms with Gasteiger partial charge in [-0.15, -0.1) is 0 Å². The second-order valence-corrected chi connectivity index (χ2v) is 8.53. The Balaban J connectivity index is 1.25. The summed E-state index contributed by atoms with van der Waals surface area (Å²) in [6.45, 7) is 4.00. The van der Waals surface area contributed by atoms with Crippen LogP contribution >= 0.6 is 0 Å². The van der Waals surface area contributed by atoms with Crippen LogP contribution in [0.25, 0.3) is 0 Å². The molecule has 5 nitrogen and oxygen atoms in total. The van der Waals surface area contributed by atoms with Crippen molar-refractivity contribution in [3.05, 3.63) is 41.5 Å². The number of amides is 2. The lowest BCUT2D eigenvalue weighted by Gasteiger charge is -2.37. The summed E-state index contributed by atoms with van der Waals surface area (Å²) in [5.41, 5.74) is 2.04. The first-order chi connectivity index (χ1) is 12.9. The normalized spacial score (nSPS) is 35.3. The first-order valence-corrected chi connectivity index (χ1v) is 9.76. The zero-order chi connectivity index (χ0) is 18.9. The molecule has 2 saturated carbocycles. The molecule has 6 atom stereocenters. The number of allylic oxidation sites excluding steroid dienone is 2. The molecule has 1 saturated heterocycles. The van der Waals surface area contributed by atoms with Gasteiger partial charge in [-0.2, -0.15) is 0 Å². The van der Waals surface area contributed by atoms with Crippen LogP contribution in [0.5, 0.6) is 5.75 Å². The van der Waals surface area contributed by atoms with Crippen LogP contribution in [0.1, 0.15) is 24.0 Å². The first-order valence-electron chi connectivity index (χ1n) is 9.76. The van der Waals surface area contributed by atoms with Crippen LogP contribution in [0.3, 0.4) is 0 Å². The van der Waals surface area contributed by atoms with Crippen LogP contribution < -0.4 is 4.74 Å². The number of aryl methyl sites for hydroxylation is 2. The third-order valence-electron chi connectivity index (χ3n) is 6.72. The summed E-state index contributed by atoms with van der Waals surface area (Å²) >= 11 is 0. The molecule has 1 aromatic rings. The molecular weight excluding hydrogens is 342 g/mol. The molecule has 140 valence electrons. The van der Waals surface area contributed by atoms with Crippen molar-refractivity contribution in [3.63, 3.8) is 0 Å². The van der Waals surface area contributed by atoms with Crippen molar-refractivity contribution in [2.75, 3.05) is 6.54 Å². The number of nitrogens with zero attached hydrogens (tertiary/aromatic N) is 1. The Hall–Kier alpha value is -2.43. The van der Waals surface area contributed by atoms with E-state index in [2.05, 4.69) is 12.2 Å². The second-order valence-electron chi connectivity index (χ2n) is 8.53. The Bertz CT molecular complexity index is 832. The Morgan fingerprint density at radius 2 is 1.56 bits per heavy atom. The standard InChI is InChI=1S/C22H23NO4/c1-11-7-12(2)9-13(8-11)27-18(24)5-6-23-21(25)19-14-3-4-15(17-10-16(14)17)20(19)22(23)26/h3-4,7-9,14-17,19-20H,5-6,10H2,1-2H3/t14-,15-,16-,17+,19+,20+/m0/s1. The van der Waals surface area contributed by atoms with Crippen molar-refractivity contribution in [2.24, 2.45) is 35.5 Å². The van der Waals surface area contributed by atoms with E-state index >= 15 is 0 Å². The minimum absolute atomic E-state index is 0.0273. The van der Waals surface area contributed by atoms with Crippen molar-refractivity contribution in [1.82, 2.24) is 4.90 Å². The molecular formula is C22H23NO4. The van der Waals surface area contributed by atoms with Gasteiger partial charge in [-0.05, 0) is 67.2 Å². The zero-order valence-electron chi connectivity index (χ0n) is 15.6. The van der Waals surface area contributed by atoms with Crippen LogP contribution in [-0.2, 0) is 14.4 Å². The molecule has 0 spiro atoms. The Morgan fingerprint density at radius 3 is 2.11 bits per heavy atom. The molecule has 2 bridgehead atoms. The fourth-order valence-corrected chi connectivity index (χ4v) is 5.62. The largest absolute Gasteiger partial charge is 0.426 e. The van der Waals surface area contributed by atoms with Gasteiger partial charge < -0.3 is 4.74 Å². The fourth-order valence-electron chi connectivity index (χ4n) is 5.62. The summed E-state index contributed by atoms with van der Waals surface area (Å²) in [5.74, 6) is 1.12. The molecule has 2 amide bonds. The molecule has 5 aliphatic rings. The lowest BCUT2D eigenvalue weighted by molar-refractivity contribution is -0.141. The lowest BCUT2D eigenvalue weighted by atomic mass is 9.63. The van der Waals surface area contributed by atoms with Crippen molar-refractivity contribution in [1.29, 1.82) is 0 Å². The van der Waals surface area contributed by atoms with Crippen LogP contribution in [0, 0.1) is 49.4 Å². The first kappa shape index (κ1) is 16.7. The van der Waals surface area contributed by atoms with Crippen molar-refractivity contribution >= 4 is 17.8 Å². The van der Waals surface area contributed by atoms with E-state index in [0.29, 0.717) is 17.6 Å². The average molecular weight is 365 g/mol. The Labute approximate surface area is 158 Å². The predicted molar refractivity (Wildman–Crippen MR) is 97.6 cm³/mol. The number of hydrogen-bond donors (Lipinski definition) is 0. The SMILES string of the molecule is Cc1cc(C)cc(OC(=O)CCN2C(=O)[C@@H]3[C@H]4C=C[C@@H]([C@@H]5C[C@H]45)[C@H]3C2=O)c1. The molecule has 0 radical (unpaired) electrons. The molecule has 5 heteroatoms. The van der Waals surface area contributed by atoms with Crippen molar-refractivity contribution in [3.8, 4) is 5.75 Å². The summed E-state index contributed by atoms with van der Waals surface area (Å²) in [4.78, 5) is 39.3. The summed E-state index contributed by atoms with van der Waals surface area (Å²) in [7, 11) is 0. The molecule has 27 heavy (non-hydrogen) atoms. The highest BCUT2D eigenvalue weighted by Gasteiger charge is 2.66. The smallest absolute Gasteiger partial charge is 0.312 e. The third-order valence-corrected chi connectivity index (χ3v) is 6.72. The number of benzene rings is 1. The highest BCUT2D eigenvalue weighted by molar-refractivity contribution is 6.06.